The molecule has 0 N–H and O–H groups in total. The molecule has 0 atom stereocenters. The minimum atomic E-state index is -0.0158. The summed E-state index contributed by atoms with van der Waals surface area (Å²) in [6.07, 6.45) is 2.62. The average molecular weight is 342 g/mol. The van der Waals surface area contributed by atoms with Crippen LogP contribution in [0.4, 0.5) is 0 Å². The summed E-state index contributed by atoms with van der Waals surface area (Å²) in [6, 6.07) is 5.67. The molecule has 5 heteroatoms. The van der Waals surface area contributed by atoms with Crippen LogP contribution in [-0.4, -0.2) is 29.4 Å². The molecule has 1 aromatic carbocycles. The van der Waals surface area contributed by atoms with Gasteiger partial charge in [-0.05, 0) is 31.4 Å². The van der Waals surface area contributed by atoms with Gasteiger partial charge in [-0.3, -0.25) is 4.79 Å². The van der Waals surface area contributed by atoms with E-state index >= 15 is 0 Å². The molecule has 0 aliphatic carbocycles. The maximum absolute atomic E-state index is 13.0. The number of amides is 1. The molecule has 3 rings (SSSR count). The van der Waals surface area contributed by atoms with Gasteiger partial charge < -0.3 is 14.1 Å². The summed E-state index contributed by atoms with van der Waals surface area (Å²) in [5.41, 5.74) is 2.54. The second-order valence-electron chi connectivity index (χ2n) is 7.09. The highest BCUT2D eigenvalue weighted by Crippen LogP contribution is 2.26. The fraction of sp³-hybridized carbons (Fsp3) is 0.500. The molecule has 0 unspecified atom stereocenters. The van der Waals surface area contributed by atoms with E-state index in [4.69, 9.17) is 9.15 Å². The molecule has 2 heterocycles. The van der Waals surface area contributed by atoms with Crippen LogP contribution in [0.2, 0.25) is 0 Å². The minimum absolute atomic E-state index is 0.0158. The van der Waals surface area contributed by atoms with Crippen LogP contribution >= 0.6 is 0 Å². The quantitative estimate of drug-likeness (QED) is 0.830. The molecule has 25 heavy (non-hydrogen) atoms. The number of carbonyl (C=O) groups excluding carboxylic acids is 1. The molecule has 1 aliphatic rings. The number of rotatable bonds is 5. The highest BCUT2D eigenvalue weighted by Gasteiger charge is 2.27. The summed E-state index contributed by atoms with van der Waals surface area (Å²) in [5, 5.41) is 0. The number of fused-ring (bicyclic) bond motifs is 1. The maximum atomic E-state index is 13.0. The number of oxazole rings is 1. The molecule has 0 spiro atoms. The van der Waals surface area contributed by atoms with E-state index in [1.165, 1.54) is 0 Å². The van der Waals surface area contributed by atoms with Crippen LogP contribution in [-0.2, 0) is 19.4 Å². The molecular weight excluding hydrogens is 316 g/mol. The highest BCUT2D eigenvalue weighted by atomic mass is 16.5. The second kappa shape index (κ2) is 7.30. The van der Waals surface area contributed by atoms with E-state index in [2.05, 4.69) is 18.8 Å². The topological polar surface area (TPSA) is 55.6 Å². The fourth-order valence-electron chi connectivity index (χ4n) is 3.10. The normalized spacial score (nSPS) is 13.9. The Morgan fingerprint density at radius 2 is 2.20 bits per heavy atom. The van der Waals surface area contributed by atoms with Gasteiger partial charge in [0.25, 0.3) is 5.91 Å². The molecule has 0 saturated carbocycles. The van der Waals surface area contributed by atoms with Crippen molar-refractivity contribution in [2.45, 2.75) is 46.6 Å². The van der Waals surface area contributed by atoms with Crippen LogP contribution in [0.3, 0.4) is 0 Å². The van der Waals surface area contributed by atoms with E-state index in [0.29, 0.717) is 36.7 Å². The van der Waals surface area contributed by atoms with Gasteiger partial charge in [-0.15, -0.1) is 0 Å². The lowest BCUT2D eigenvalue weighted by Gasteiger charge is -2.26. The van der Waals surface area contributed by atoms with E-state index in [1.807, 2.05) is 30.0 Å². The number of hydrogen-bond donors (Lipinski definition) is 0. The summed E-state index contributed by atoms with van der Waals surface area (Å²) in [5.74, 6) is 2.94. The molecular formula is C20H26N2O3. The van der Waals surface area contributed by atoms with Crippen molar-refractivity contribution in [2.24, 2.45) is 5.92 Å². The van der Waals surface area contributed by atoms with Crippen molar-refractivity contribution in [3.05, 3.63) is 46.7 Å². The third kappa shape index (κ3) is 3.86. The maximum Gasteiger partial charge on any atom is 0.257 e. The van der Waals surface area contributed by atoms with Crippen molar-refractivity contribution < 1.29 is 13.9 Å². The third-order valence-electron chi connectivity index (χ3n) is 4.58. The molecule has 5 nitrogen and oxygen atoms in total. The average Bonchev–Trinajstić information content (AvgIpc) is 3.01. The van der Waals surface area contributed by atoms with Crippen LogP contribution in [0.25, 0.3) is 0 Å². The molecule has 1 aliphatic heterocycles. The Morgan fingerprint density at radius 1 is 1.40 bits per heavy atom. The van der Waals surface area contributed by atoms with Crippen molar-refractivity contribution in [3.63, 3.8) is 0 Å². The summed E-state index contributed by atoms with van der Waals surface area (Å²) in [6.45, 7) is 7.50. The lowest BCUT2D eigenvalue weighted by atomic mass is 10.1. The Balaban J connectivity index is 1.76. The lowest BCUT2D eigenvalue weighted by Crippen LogP contribution is -2.36. The molecule has 0 saturated heterocycles. The van der Waals surface area contributed by atoms with Gasteiger partial charge in [0.2, 0.25) is 0 Å². The summed E-state index contributed by atoms with van der Waals surface area (Å²) >= 11 is 0. The predicted octanol–water partition coefficient (Wildman–Crippen LogP) is 3.78. The molecule has 1 aromatic heterocycles. The van der Waals surface area contributed by atoms with Gasteiger partial charge in [0.05, 0.1) is 19.2 Å². The fourth-order valence-corrected chi connectivity index (χ4v) is 3.10. The summed E-state index contributed by atoms with van der Waals surface area (Å²) in [7, 11) is 1.59. The Morgan fingerprint density at radius 3 is 2.92 bits per heavy atom. The van der Waals surface area contributed by atoms with E-state index in [9.17, 15) is 4.79 Å². The van der Waals surface area contributed by atoms with Gasteiger partial charge in [-0.25, -0.2) is 4.98 Å². The molecule has 0 bridgehead atoms. The van der Waals surface area contributed by atoms with Crippen LogP contribution in [0.5, 0.6) is 5.75 Å². The number of methoxy groups -OCH3 is 1. The first-order valence-corrected chi connectivity index (χ1v) is 8.89. The Bertz CT molecular complexity index is 764. The first kappa shape index (κ1) is 17.5. The first-order chi connectivity index (χ1) is 12.0. The first-order valence-electron chi connectivity index (χ1n) is 8.89. The minimum Gasteiger partial charge on any atom is -0.496 e. The van der Waals surface area contributed by atoms with Crippen LogP contribution in [0.1, 0.15) is 53.5 Å². The van der Waals surface area contributed by atoms with Crippen LogP contribution in [0, 0.1) is 12.8 Å². The Hall–Kier alpha value is -2.30. The number of ether oxygens (including phenoxy) is 1. The van der Waals surface area contributed by atoms with Gasteiger partial charge in [0.1, 0.15) is 17.2 Å². The Kier molecular flexibility index (Phi) is 5.11. The van der Waals surface area contributed by atoms with Gasteiger partial charge in [0.15, 0.2) is 5.89 Å². The molecule has 0 fully saturated rings. The van der Waals surface area contributed by atoms with E-state index in [1.54, 1.807) is 7.11 Å². The smallest absolute Gasteiger partial charge is 0.257 e. The van der Waals surface area contributed by atoms with Crippen molar-refractivity contribution in [3.8, 4) is 5.75 Å². The predicted molar refractivity (Wildman–Crippen MR) is 95.8 cm³/mol. The Labute approximate surface area is 149 Å². The van der Waals surface area contributed by atoms with E-state index < -0.39 is 0 Å². The standard InChI is InChI=1S/C20H26N2O3/c1-13(2)5-8-19-21-16-12-22(10-9-18(16)25-19)20(23)15-11-14(3)6-7-17(15)24-4/h6-7,11,13H,5,8-10,12H2,1-4H3. The van der Waals surface area contributed by atoms with Crippen molar-refractivity contribution >= 4 is 5.91 Å². The lowest BCUT2D eigenvalue weighted by molar-refractivity contribution is 0.0724. The van der Waals surface area contributed by atoms with Crippen molar-refractivity contribution in [1.82, 2.24) is 9.88 Å². The largest absolute Gasteiger partial charge is 0.496 e. The molecule has 2 aromatic rings. The SMILES string of the molecule is COc1ccc(C)cc1C(=O)N1CCc2oc(CCC(C)C)nc2C1. The monoisotopic (exact) mass is 342 g/mol. The van der Waals surface area contributed by atoms with E-state index in [-0.39, 0.29) is 5.91 Å². The van der Waals surface area contributed by atoms with Gasteiger partial charge in [-0.2, -0.15) is 0 Å². The molecule has 1 amide bonds. The van der Waals surface area contributed by atoms with Gasteiger partial charge >= 0.3 is 0 Å². The second-order valence-corrected chi connectivity index (χ2v) is 7.09. The van der Waals surface area contributed by atoms with E-state index in [0.717, 1.165) is 35.7 Å². The number of benzene rings is 1. The zero-order valence-corrected chi connectivity index (χ0v) is 15.5. The number of nitrogens with zero attached hydrogens (tertiary/aromatic N) is 2. The number of hydrogen-bond acceptors (Lipinski definition) is 4. The zero-order valence-electron chi connectivity index (χ0n) is 15.5. The number of aryl methyl sites for hydroxylation is 2. The van der Waals surface area contributed by atoms with Crippen LogP contribution < -0.4 is 4.74 Å². The summed E-state index contributed by atoms with van der Waals surface area (Å²) < 4.78 is 11.2. The van der Waals surface area contributed by atoms with Crippen molar-refractivity contribution in [2.75, 3.05) is 13.7 Å². The summed E-state index contributed by atoms with van der Waals surface area (Å²) in [4.78, 5) is 19.4. The molecule has 0 radical (unpaired) electrons. The number of carbonyl (C=O) groups is 1. The highest BCUT2D eigenvalue weighted by molar-refractivity contribution is 5.97. The molecule has 134 valence electrons. The van der Waals surface area contributed by atoms with Gasteiger partial charge in [0, 0.05) is 19.4 Å². The van der Waals surface area contributed by atoms with Crippen LogP contribution in [0.15, 0.2) is 22.6 Å². The zero-order chi connectivity index (χ0) is 18.0. The third-order valence-corrected chi connectivity index (χ3v) is 4.58. The van der Waals surface area contributed by atoms with Crippen molar-refractivity contribution in [1.29, 1.82) is 0 Å². The van der Waals surface area contributed by atoms with Gasteiger partial charge in [-0.1, -0.05) is 25.5 Å². The number of aromatic nitrogens is 1.